The molecule has 0 fully saturated rings. The molecule has 0 unspecified atom stereocenters. The van der Waals surface area contributed by atoms with Crippen molar-refractivity contribution in [3.63, 3.8) is 0 Å². The van der Waals surface area contributed by atoms with Crippen molar-refractivity contribution in [2.75, 3.05) is 0 Å². The van der Waals surface area contributed by atoms with E-state index in [0.29, 0.717) is 0 Å². The Morgan fingerprint density at radius 3 is 2.57 bits per heavy atom. The first-order chi connectivity index (χ1) is 10.0. The van der Waals surface area contributed by atoms with E-state index in [9.17, 15) is 0 Å². The van der Waals surface area contributed by atoms with Gasteiger partial charge in [0, 0.05) is 0 Å². The number of fused-ring (bicyclic) bond motifs is 3. The Hall–Kier alpha value is -0.00130. The summed E-state index contributed by atoms with van der Waals surface area (Å²) in [5.41, 5.74) is 2.98. The molecular weight excluding hydrogens is 401 g/mol. The normalized spacial score (nSPS) is 12.8. The molecule has 0 aliphatic carbocycles. The zero-order valence-electron chi connectivity index (χ0n) is 13.5. The Morgan fingerprint density at radius 2 is 1.86 bits per heavy atom. The van der Waals surface area contributed by atoms with Crippen LogP contribution in [0.25, 0.3) is 20.4 Å². The molecular formula is C17H25NS2Sn. The molecule has 3 aromatic heterocycles. The molecule has 3 aromatic rings. The van der Waals surface area contributed by atoms with Crippen molar-refractivity contribution in [3.05, 3.63) is 17.5 Å². The second-order valence-electron chi connectivity index (χ2n) is 6.92. The molecule has 0 spiro atoms. The van der Waals surface area contributed by atoms with Gasteiger partial charge in [-0.25, -0.2) is 0 Å². The van der Waals surface area contributed by atoms with Gasteiger partial charge in [0.1, 0.15) is 0 Å². The first-order valence-corrected chi connectivity index (χ1v) is 19.7. The maximum atomic E-state index is 2.59. The van der Waals surface area contributed by atoms with Crippen LogP contribution >= 0.6 is 22.7 Å². The first kappa shape index (κ1) is 15.9. The molecule has 0 aromatic carbocycles. The maximum absolute atomic E-state index is 2.59. The monoisotopic (exact) mass is 427 g/mol. The van der Waals surface area contributed by atoms with E-state index in [0.717, 1.165) is 0 Å². The van der Waals surface area contributed by atoms with Crippen molar-refractivity contribution in [3.8, 4) is 0 Å². The van der Waals surface area contributed by atoms with Crippen LogP contribution in [-0.2, 0) is 6.54 Å². The van der Waals surface area contributed by atoms with E-state index >= 15 is 0 Å². The summed E-state index contributed by atoms with van der Waals surface area (Å²) in [6, 6.07) is 4.84. The second kappa shape index (κ2) is 6.24. The van der Waals surface area contributed by atoms with Gasteiger partial charge in [-0.1, -0.05) is 0 Å². The van der Waals surface area contributed by atoms with Gasteiger partial charge in [-0.05, 0) is 0 Å². The van der Waals surface area contributed by atoms with Crippen LogP contribution in [-0.4, -0.2) is 22.9 Å². The summed E-state index contributed by atoms with van der Waals surface area (Å²) >= 11 is 2.06. The van der Waals surface area contributed by atoms with Crippen molar-refractivity contribution >= 4 is 64.4 Å². The third-order valence-electron chi connectivity index (χ3n) is 4.12. The summed E-state index contributed by atoms with van der Waals surface area (Å²) in [4.78, 5) is 7.57. The average Bonchev–Trinajstić information content (AvgIpc) is 3.07. The standard InChI is InChI=1S/C14H16NS2.3CH3.Sn/c1-2-3-4-5-8-15-11-6-9-16-13(11)14-12(15)7-10-17-14;;;;/h6-7,9H,2-5,8H2,1H3;3*1H3;. The Labute approximate surface area is 139 Å². The number of unbranched alkanes of at least 4 members (excludes halogenated alkanes) is 3. The molecule has 0 amide bonds. The molecule has 21 heavy (non-hydrogen) atoms. The predicted molar refractivity (Wildman–Crippen MR) is 102 cm³/mol. The number of nitrogens with zero attached hydrogens (tertiary/aromatic N) is 1. The van der Waals surface area contributed by atoms with E-state index in [1.165, 1.54) is 48.0 Å². The minimum absolute atomic E-state index is 1.19. The molecule has 3 heterocycles. The number of hydrogen-bond acceptors (Lipinski definition) is 2. The molecule has 0 saturated heterocycles. The van der Waals surface area contributed by atoms with Gasteiger partial charge >= 0.3 is 140 Å². The second-order valence-corrected chi connectivity index (χ2v) is 24.3. The van der Waals surface area contributed by atoms with Gasteiger partial charge in [0.05, 0.1) is 0 Å². The van der Waals surface area contributed by atoms with Gasteiger partial charge in [0.15, 0.2) is 0 Å². The molecule has 0 bridgehead atoms. The fourth-order valence-electron chi connectivity index (χ4n) is 2.87. The number of aromatic nitrogens is 1. The molecule has 1 nitrogen and oxygen atoms in total. The quantitative estimate of drug-likeness (QED) is 0.335. The predicted octanol–water partition coefficient (Wildman–Crippen LogP) is 6.04. The van der Waals surface area contributed by atoms with Crippen LogP contribution in [0.15, 0.2) is 17.5 Å². The van der Waals surface area contributed by atoms with Crippen molar-refractivity contribution in [2.45, 2.75) is 54.0 Å². The molecule has 3 rings (SSSR count). The minimum atomic E-state index is -1.95. The Kier molecular flexibility index (Phi) is 4.72. The molecule has 0 saturated carbocycles. The van der Waals surface area contributed by atoms with E-state index < -0.39 is 18.4 Å². The van der Waals surface area contributed by atoms with E-state index in [1.54, 1.807) is 7.59 Å². The van der Waals surface area contributed by atoms with Gasteiger partial charge in [-0.15, -0.1) is 0 Å². The topological polar surface area (TPSA) is 4.93 Å². The fourth-order valence-corrected chi connectivity index (χ4v) is 10.3. The summed E-state index contributed by atoms with van der Waals surface area (Å²) in [5.74, 6) is 0. The summed E-state index contributed by atoms with van der Waals surface area (Å²) in [6.07, 6.45) is 5.35. The first-order valence-electron chi connectivity index (χ1n) is 8.02. The Balaban J connectivity index is 2.02. The summed E-state index contributed by atoms with van der Waals surface area (Å²) < 4.78 is 7.38. The zero-order valence-corrected chi connectivity index (χ0v) is 18.0. The van der Waals surface area contributed by atoms with Gasteiger partial charge in [0.25, 0.3) is 0 Å². The summed E-state index contributed by atoms with van der Waals surface area (Å²) in [6.45, 7) is 3.47. The van der Waals surface area contributed by atoms with Crippen molar-refractivity contribution in [1.82, 2.24) is 4.57 Å². The molecule has 4 heteroatoms. The fraction of sp³-hybridized carbons (Fsp3) is 0.529. The number of aryl methyl sites for hydroxylation is 1. The van der Waals surface area contributed by atoms with Gasteiger partial charge in [0.2, 0.25) is 0 Å². The van der Waals surface area contributed by atoms with Gasteiger partial charge < -0.3 is 0 Å². The molecule has 0 aliphatic rings. The summed E-state index contributed by atoms with van der Waals surface area (Å²) in [5, 5.41) is 2.26. The number of rotatable bonds is 6. The van der Waals surface area contributed by atoms with Crippen LogP contribution in [0.2, 0.25) is 14.8 Å². The third kappa shape index (κ3) is 3.06. The van der Waals surface area contributed by atoms with Gasteiger partial charge in [-0.3, -0.25) is 0 Å². The van der Waals surface area contributed by atoms with Crippen LogP contribution in [0.1, 0.15) is 32.6 Å². The molecule has 0 N–H and O–H groups in total. The zero-order chi connectivity index (χ0) is 15.0. The van der Waals surface area contributed by atoms with Crippen LogP contribution in [0, 0.1) is 0 Å². The van der Waals surface area contributed by atoms with Crippen molar-refractivity contribution < 1.29 is 0 Å². The Bertz CT molecular complexity index is 742. The van der Waals surface area contributed by atoms with Crippen LogP contribution in [0.4, 0.5) is 0 Å². The molecule has 114 valence electrons. The van der Waals surface area contributed by atoms with E-state index in [1.807, 2.05) is 11.3 Å². The van der Waals surface area contributed by atoms with E-state index in [-0.39, 0.29) is 0 Å². The average molecular weight is 426 g/mol. The number of thiophene rings is 2. The SMILES string of the molecule is CCCCCCn1c2ccsc2c2s[c]([Sn]([CH3])([CH3])[CH3])cc21. The van der Waals surface area contributed by atoms with Crippen molar-refractivity contribution in [2.24, 2.45) is 0 Å². The molecule has 0 radical (unpaired) electrons. The molecule has 0 aliphatic heterocycles. The van der Waals surface area contributed by atoms with Crippen molar-refractivity contribution in [1.29, 1.82) is 0 Å². The van der Waals surface area contributed by atoms with Crippen LogP contribution < -0.4 is 2.89 Å². The van der Waals surface area contributed by atoms with Crippen LogP contribution in [0.3, 0.4) is 0 Å². The van der Waals surface area contributed by atoms with Gasteiger partial charge in [-0.2, -0.15) is 0 Å². The molecule has 0 atom stereocenters. The van der Waals surface area contributed by atoms with E-state index in [2.05, 4.69) is 55.2 Å². The summed E-state index contributed by atoms with van der Waals surface area (Å²) in [7, 11) is 0. The number of hydrogen-bond donors (Lipinski definition) is 0. The van der Waals surface area contributed by atoms with Crippen LogP contribution in [0.5, 0.6) is 0 Å². The van der Waals surface area contributed by atoms with E-state index in [4.69, 9.17) is 0 Å². The third-order valence-corrected chi connectivity index (χ3v) is 15.7. The Morgan fingerprint density at radius 1 is 1.05 bits per heavy atom.